The van der Waals surface area contributed by atoms with E-state index in [0.29, 0.717) is 6.42 Å². The van der Waals surface area contributed by atoms with Crippen molar-refractivity contribution in [3.8, 4) is 0 Å². The third-order valence-electron chi connectivity index (χ3n) is 3.85. The Balaban J connectivity index is 1.84. The first kappa shape index (κ1) is 15.6. The van der Waals surface area contributed by atoms with Crippen molar-refractivity contribution >= 4 is 16.8 Å². The van der Waals surface area contributed by atoms with Gasteiger partial charge in [-0.05, 0) is 30.9 Å². The van der Waals surface area contributed by atoms with Crippen LogP contribution in [0.25, 0.3) is 10.9 Å². The summed E-state index contributed by atoms with van der Waals surface area (Å²) in [6, 6.07) is 8.35. The van der Waals surface area contributed by atoms with E-state index >= 15 is 0 Å². The van der Waals surface area contributed by atoms with E-state index in [1.807, 2.05) is 24.4 Å². The summed E-state index contributed by atoms with van der Waals surface area (Å²) in [6.45, 7) is 6.56. The van der Waals surface area contributed by atoms with Gasteiger partial charge in [0.15, 0.2) is 0 Å². The van der Waals surface area contributed by atoms with E-state index in [1.165, 1.54) is 12.8 Å². The number of amides is 1. The molecule has 0 unspecified atom stereocenters. The van der Waals surface area contributed by atoms with Gasteiger partial charge in [0.1, 0.15) is 0 Å². The summed E-state index contributed by atoms with van der Waals surface area (Å²) in [4.78, 5) is 15.4. The van der Waals surface area contributed by atoms with Crippen LogP contribution >= 0.6 is 0 Å². The summed E-state index contributed by atoms with van der Waals surface area (Å²) < 4.78 is 0. The molecule has 1 amide bonds. The fourth-order valence-electron chi connectivity index (χ4n) is 2.68. The molecule has 3 nitrogen and oxygen atoms in total. The Kier molecular flexibility index (Phi) is 5.43. The molecule has 2 aromatic rings. The lowest BCUT2D eigenvalue weighted by Crippen LogP contribution is -2.33. The molecule has 0 aliphatic carbocycles. The van der Waals surface area contributed by atoms with Crippen molar-refractivity contribution in [2.24, 2.45) is 5.92 Å². The molecular formula is C18H26N2O. The second kappa shape index (κ2) is 7.30. The number of hydrogen-bond acceptors (Lipinski definition) is 1. The quantitative estimate of drug-likeness (QED) is 0.792. The average molecular weight is 286 g/mol. The second-order valence-electron chi connectivity index (χ2n) is 6.33. The maximum Gasteiger partial charge on any atom is 0.224 e. The van der Waals surface area contributed by atoms with E-state index in [0.717, 1.165) is 28.8 Å². The number of aromatic nitrogens is 1. The van der Waals surface area contributed by atoms with Crippen LogP contribution in [0.1, 0.15) is 45.6 Å². The average Bonchev–Trinajstić information content (AvgIpc) is 2.81. The fourth-order valence-corrected chi connectivity index (χ4v) is 2.68. The number of fused-ring (bicyclic) bond motifs is 1. The SMILES string of the molecule is CC(C)CCC[C@H](C)NC(=O)Cc1c[nH]c2ccccc12. The molecule has 0 saturated carbocycles. The predicted octanol–water partition coefficient (Wildman–Crippen LogP) is 4.04. The van der Waals surface area contributed by atoms with Gasteiger partial charge in [-0.15, -0.1) is 0 Å². The third-order valence-corrected chi connectivity index (χ3v) is 3.85. The molecular weight excluding hydrogens is 260 g/mol. The van der Waals surface area contributed by atoms with Gasteiger partial charge in [0.2, 0.25) is 5.91 Å². The Morgan fingerprint density at radius 1 is 1.19 bits per heavy atom. The number of rotatable bonds is 7. The Bertz CT molecular complexity index is 586. The molecule has 0 radical (unpaired) electrons. The number of aromatic amines is 1. The van der Waals surface area contributed by atoms with Crippen LogP contribution in [0.2, 0.25) is 0 Å². The third kappa shape index (κ3) is 4.62. The summed E-state index contributed by atoms with van der Waals surface area (Å²) in [5, 5.41) is 4.24. The summed E-state index contributed by atoms with van der Waals surface area (Å²) >= 11 is 0. The van der Waals surface area contributed by atoms with Gasteiger partial charge in [-0.1, -0.05) is 44.9 Å². The number of H-pyrrole nitrogens is 1. The monoisotopic (exact) mass is 286 g/mol. The van der Waals surface area contributed by atoms with Gasteiger partial charge >= 0.3 is 0 Å². The van der Waals surface area contributed by atoms with Crippen molar-refractivity contribution in [3.05, 3.63) is 36.0 Å². The Hall–Kier alpha value is -1.77. The van der Waals surface area contributed by atoms with Crippen molar-refractivity contribution in [1.82, 2.24) is 10.3 Å². The van der Waals surface area contributed by atoms with Gasteiger partial charge in [-0.2, -0.15) is 0 Å². The van der Waals surface area contributed by atoms with Crippen LogP contribution in [-0.2, 0) is 11.2 Å². The molecule has 21 heavy (non-hydrogen) atoms. The normalized spacial score (nSPS) is 12.8. The van der Waals surface area contributed by atoms with Gasteiger partial charge in [-0.3, -0.25) is 4.79 Å². The summed E-state index contributed by atoms with van der Waals surface area (Å²) in [6.07, 6.45) is 5.83. The molecule has 0 fully saturated rings. The van der Waals surface area contributed by atoms with Crippen molar-refractivity contribution in [3.63, 3.8) is 0 Å². The first-order valence-electron chi connectivity index (χ1n) is 7.90. The van der Waals surface area contributed by atoms with E-state index in [9.17, 15) is 4.79 Å². The number of carbonyl (C=O) groups excluding carboxylic acids is 1. The molecule has 2 rings (SSSR count). The minimum atomic E-state index is 0.108. The largest absolute Gasteiger partial charge is 0.361 e. The summed E-state index contributed by atoms with van der Waals surface area (Å²) in [5.74, 6) is 0.843. The van der Waals surface area contributed by atoms with Crippen LogP contribution in [0.3, 0.4) is 0 Å². The number of benzene rings is 1. The molecule has 1 heterocycles. The Labute approximate surface area is 127 Å². The van der Waals surface area contributed by atoms with E-state index in [4.69, 9.17) is 0 Å². The van der Waals surface area contributed by atoms with E-state index in [1.54, 1.807) is 0 Å². The highest BCUT2D eigenvalue weighted by molar-refractivity contribution is 5.88. The number of carbonyl (C=O) groups is 1. The number of para-hydroxylation sites is 1. The van der Waals surface area contributed by atoms with Gasteiger partial charge < -0.3 is 10.3 Å². The molecule has 1 aromatic heterocycles. The molecule has 0 bridgehead atoms. The highest BCUT2D eigenvalue weighted by Crippen LogP contribution is 2.18. The van der Waals surface area contributed by atoms with Gasteiger partial charge in [0.05, 0.1) is 6.42 Å². The van der Waals surface area contributed by atoms with E-state index in [2.05, 4.69) is 37.1 Å². The fraction of sp³-hybridized carbons (Fsp3) is 0.500. The van der Waals surface area contributed by atoms with Gasteiger partial charge in [-0.25, -0.2) is 0 Å². The van der Waals surface area contributed by atoms with Crippen molar-refractivity contribution in [1.29, 1.82) is 0 Å². The van der Waals surface area contributed by atoms with Crippen LogP contribution in [0, 0.1) is 5.92 Å². The first-order chi connectivity index (χ1) is 10.1. The van der Waals surface area contributed by atoms with Crippen molar-refractivity contribution in [2.45, 2.75) is 52.5 Å². The summed E-state index contributed by atoms with van der Waals surface area (Å²) in [7, 11) is 0. The molecule has 0 spiro atoms. The second-order valence-corrected chi connectivity index (χ2v) is 6.33. The van der Waals surface area contributed by atoms with E-state index in [-0.39, 0.29) is 11.9 Å². The maximum atomic E-state index is 12.1. The van der Waals surface area contributed by atoms with Crippen molar-refractivity contribution < 1.29 is 4.79 Å². The molecule has 0 aliphatic rings. The van der Waals surface area contributed by atoms with Gasteiger partial charge in [0, 0.05) is 23.1 Å². The first-order valence-corrected chi connectivity index (χ1v) is 7.90. The minimum Gasteiger partial charge on any atom is -0.361 e. The van der Waals surface area contributed by atoms with Gasteiger partial charge in [0.25, 0.3) is 0 Å². The van der Waals surface area contributed by atoms with Crippen LogP contribution in [0.5, 0.6) is 0 Å². The molecule has 1 atom stereocenters. The zero-order chi connectivity index (χ0) is 15.2. The Morgan fingerprint density at radius 2 is 1.95 bits per heavy atom. The van der Waals surface area contributed by atoms with Crippen LogP contribution in [0.4, 0.5) is 0 Å². The maximum absolute atomic E-state index is 12.1. The lowest BCUT2D eigenvalue weighted by Gasteiger charge is -2.14. The highest BCUT2D eigenvalue weighted by atomic mass is 16.1. The summed E-state index contributed by atoms with van der Waals surface area (Å²) in [5.41, 5.74) is 2.16. The number of hydrogen-bond donors (Lipinski definition) is 2. The zero-order valence-corrected chi connectivity index (χ0v) is 13.3. The smallest absolute Gasteiger partial charge is 0.224 e. The van der Waals surface area contributed by atoms with E-state index < -0.39 is 0 Å². The lowest BCUT2D eigenvalue weighted by atomic mass is 10.0. The lowest BCUT2D eigenvalue weighted by molar-refractivity contribution is -0.121. The Morgan fingerprint density at radius 3 is 2.71 bits per heavy atom. The standard InChI is InChI=1S/C18H26N2O/c1-13(2)7-6-8-14(3)20-18(21)11-15-12-19-17-10-5-4-9-16(15)17/h4-5,9-10,12-14,19H,6-8,11H2,1-3H3,(H,20,21)/t14-/m0/s1. The molecule has 2 N–H and O–H groups in total. The highest BCUT2D eigenvalue weighted by Gasteiger charge is 2.11. The number of nitrogens with one attached hydrogen (secondary N) is 2. The topological polar surface area (TPSA) is 44.9 Å². The molecule has 1 aromatic carbocycles. The molecule has 0 aliphatic heterocycles. The predicted molar refractivity (Wildman–Crippen MR) is 88.3 cm³/mol. The molecule has 0 saturated heterocycles. The molecule has 3 heteroatoms. The van der Waals surface area contributed by atoms with Crippen molar-refractivity contribution in [2.75, 3.05) is 0 Å². The molecule has 114 valence electrons. The van der Waals surface area contributed by atoms with Crippen LogP contribution in [0.15, 0.2) is 30.5 Å². The minimum absolute atomic E-state index is 0.108. The van der Waals surface area contributed by atoms with Crippen LogP contribution in [-0.4, -0.2) is 16.9 Å². The van der Waals surface area contributed by atoms with Crippen LogP contribution < -0.4 is 5.32 Å². The zero-order valence-electron chi connectivity index (χ0n) is 13.3.